The van der Waals surface area contributed by atoms with Crippen molar-refractivity contribution in [3.63, 3.8) is 0 Å². The van der Waals surface area contributed by atoms with Gasteiger partial charge in [-0.3, -0.25) is 4.79 Å². The second-order valence-corrected chi connectivity index (χ2v) is 6.02. The lowest BCUT2D eigenvalue weighted by atomic mass is 10.0. The highest BCUT2D eigenvalue weighted by Gasteiger charge is 2.35. The molecule has 0 saturated carbocycles. The molecule has 110 valence electrons. The number of aromatic nitrogens is 2. The molecule has 2 aromatic heterocycles. The number of thiophene rings is 1. The summed E-state index contributed by atoms with van der Waals surface area (Å²) >= 11 is 1.61. The molecule has 1 atom stereocenters. The second kappa shape index (κ2) is 5.69. The maximum atomic E-state index is 12.4. The normalized spacial score (nSPS) is 17.5. The van der Waals surface area contributed by atoms with Crippen molar-refractivity contribution in [2.45, 2.75) is 31.8 Å². The lowest BCUT2D eigenvalue weighted by Gasteiger charge is -2.32. The van der Waals surface area contributed by atoms with E-state index in [0.29, 0.717) is 12.8 Å². The summed E-state index contributed by atoms with van der Waals surface area (Å²) in [5, 5.41) is 11.3. The summed E-state index contributed by atoms with van der Waals surface area (Å²) in [6, 6.07) is 3.11. The summed E-state index contributed by atoms with van der Waals surface area (Å²) in [6.07, 6.45) is 2.78. The van der Waals surface area contributed by atoms with Crippen LogP contribution in [0.1, 0.15) is 22.7 Å². The number of imidazole rings is 1. The molecular weight excluding hydrogens is 290 g/mol. The minimum absolute atomic E-state index is 0.129. The monoisotopic (exact) mass is 305 g/mol. The van der Waals surface area contributed by atoms with Gasteiger partial charge in [-0.25, -0.2) is 9.78 Å². The maximum absolute atomic E-state index is 12.4. The number of hydrogen-bond acceptors (Lipinski definition) is 4. The molecule has 1 aliphatic rings. The summed E-state index contributed by atoms with van der Waals surface area (Å²) in [6.45, 7) is 0.287. The summed E-state index contributed by atoms with van der Waals surface area (Å²) in [4.78, 5) is 33.4. The van der Waals surface area contributed by atoms with Gasteiger partial charge in [0.2, 0.25) is 5.91 Å². The molecule has 2 N–H and O–H groups in total. The third-order valence-electron chi connectivity index (χ3n) is 3.67. The number of carboxylic acids is 1. The molecule has 1 amide bonds. The van der Waals surface area contributed by atoms with E-state index in [0.717, 1.165) is 16.3 Å². The van der Waals surface area contributed by atoms with E-state index in [1.54, 1.807) is 17.7 Å². The van der Waals surface area contributed by atoms with Crippen LogP contribution in [0, 0.1) is 0 Å². The highest BCUT2D eigenvalue weighted by atomic mass is 32.1. The van der Waals surface area contributed by atoms with Gasteiger partial charge in [-0.1, -0.05) is 6.07 Å². The Balaban J connectivity index is 1.72. The number of fused-ring (bicyclic) bond motifs is 1. The first-order valence-electron chi connectivity index (χ1n) is 6.71. The molecule has 3 rings (SSSR count). The predicted octanol–water partition coefficient (Wildman–Crippen LogP) is 1.44. The zero-order valence-corrected chi connectivity index (χ0v) is 12.1. The zero-order chi connectivity index (χ0) is 14.8. The zero-order valence-electron chi connectivity index (χ0n) is 11.3. The molecule has 1 aliphatic heterocycles. The van der Waals surface area contributed by atoms with E-state index in [2.05, 4.69) is 9.97 Å². The number of aryl methyl sites for hydroxylation is 1. The maximum Gasteiger partial charge on any atom is 0.326 e. The Hall–Kier alpha value is -2.15. The van der Waals surface area contributed by atoms with Crippen LogP contribution in [0.25, 0.3) is 0 Å². The van der Waals surface area contributed by atoms with Crippen molar-refractivity contribution in [1.29, 1.82) is 0 Å². The van der Waals surface area contributed by atoms with E-state index in [4.69, 9.17) is 0 Å². The van der Waals surface area contributed by atoms with Gasteiger partial charge in [-0.05, 0) is 17.9 Å². The third kappa shape index (κ3) is 2.82. The van der Waals surface area contributed by atoms with E-state index in [-0.39, 0.29) is 18.9 Å². The number of nitrogens with one attached hydrogen (secondary N) is 1. The molecule has 0 fully saturated rings. The molecule has 3 heterocycles. The highest BCUT2D eigenvalue weighted by Crippen LogP contribution is 2.22. The van der Waals surface area contributed by atoms with Gasteiger partial charge in [-0.15, -0.1) is 11.3 Å². The Morgan fingerprint density at radius 3 is 3.10 bits per heavy atom. The molecule has 0 radical (unpaired) electrons. The van der Waals surface area contributed by atoms with Crippen LogP contribution in [0.5, 0.6) is 0 Å². The van der Waals surface area contributed by atoms with Crippen LogP contribution < -0.4 is 0 Å². The van der Waals surface area contributed by atoms with Crippen molar-refractivity contribution < 1.29 is 14.7 Å². The number of H-pyrrole nitrogens is 1. The van der Waals surface area contributed by atoms with Crippen molar-refractivity contribution in [2.75, 3.05) is 0 Å². The van der Waals surface area contributed by atoms with E-state index in [1.807, 2.05) is 17.5 Å². The molecule has 21 heavy (non-hydrogen) atoms. The average molecular weight is 305 g/mol. The number of aromatic amines is 1. The van der Waals surface area contributed by atoms with Gasteiger partial charge in [0.1, 0.15) is 6.04 Å². The Morgan fingerprint density at radius 2 is 2.38 bits per heavy atom. The number of aliphatic carboxylic acids is 1. The standard InChI is InChI=1S/C14H15N3O3S/c18-13(4-3-9-2-1-5-21-9)17-7-11-10(15-8-16-11)6-12(17)14(19)20/h1-2,5,8,12H,3-4,6-7H2,(H,15,16)(H,19,20)/t12-/m0/s1. The predicted molar refractivity (Wildman–Crippen MR) is 76.9 cm³/mol. The summed E-state index contributed by atoms with van der Waals surface area (Å²) < 4.78 is 0. The van der Waals surface area contributed by atoms with Crippen molar-refractivity contribution >= 4 is 23.2 Å². The number of amides is 1. The minimum Gasteiger partial charge on any atom is -0.480 e. The summed E-state index contributed by atoms with van der Waals surface area (Å²) in [5.41, 5.74) is 1.57. The first-order chi connectivity index (χ1) is 10.1. The van der Waals surface area contributed by atoms with Crippen molar-refractivity contribution in [3.8, 4) is 0 Å². The molecule has 6 nitrogen and oxygen atoms in total. The van der Waals surface area contributed by atoms with Crippen LogP contribution >= 0.6 is 11.3 Å². The topological polar surface area (TPSA) is 86.3 Å². The number of carbonyl (C=O) groups excluding carboxylic acids is 1. The molecule has 0 saturated heterocycles. The molecule has 0 aromatic carbocycles. The number of nitrogens with zero attached hydrogens (tertiary/aromatic N) is 2. The number of carboxylic acid groups (broad SMARTS) is 1. The van der Waals surface area contributed by atoms with Crippen LogP contribution in [-0.2, 0) is 29.0 Å². The summed E-state index contributed by atoms with van der Waals surface area (Å²) in [7, 11) is 0. The Morgan fingerprint density at radius 1 is 1.52 bits per heavy atom. The van der Waals surface area contributed by atoms with E-state index in [1.165, 1.54) is 4.90 Å². The van der Waals surface area contributed by atoms with E-state index < -0.39 is 12.0 Å². The first-order valence-corrected chi connectivity index (χ1v) is 7.59. The largest absolute Gasteiger partial charge is 0.480 e. The molecule has 0 spiro atoms. The summed E-state index contributed by atoms with van der Waals surface area (Å²) in [5.74, 6) is -1.11. The number of rotatable bonds is 4. The fraction of sp³-hybridized carbons (Fsp3) is 0.357. The molecular formula is C14H15N3O3S. The van der Waals surface area contributed by atoms with Gasteiger partial charge in [0, 0.05) is 17.7 Å². The van der Waals surface area contributed by atoms with Gasteiger partial charge in [-0.2, -0.15) is 0 Å². The number of carbonyl (C=O) groups is 2. The fourth-order valence-corrected chi connectivity index (χ4v) is 3.26. The van der Waals surface area contributed by atoms with Crippen LogP contribution in [-0.4, -0.2) is 37.9 Å². The quantitative estimate of drug-likeness (QED) is 0.895. The SMILES string of the molecule is O=C(O)[C@@H]1Cc2nc[nH]c2CN1C(=O)CCc1cccs1. The van der Waals surface area contributed by atoms with Gasteiger partial charge in [0.25, 0.3) is 0 Å². The lowest BCUT2D eigenvalue weighted by molar-refractivity contribution is -0.151. The molecule has 2 aromatic rings. The molecule has 7 heteroatoms. The van der Waals surface area contributed by atoms with Gasteiger partial charge >= 0.3 is 5.97 Å². The van der Waals surface area contributed by atoms with Crippen LogP contribution in [0.2, 0.25) is 0 Å². The first kappa shape index (κ1) is 13.8. The Bertz CT molecular complexity index is 650. The van der Waals surface area contributed by atoms with Gasteiger partial charge < -0.3 is 15.0 Å². The number of hydrogen-bond donors (Lipinski definition) is 2. The fourth-order valence-electron chi connectivity index (χ4n) is 2.55. The van der Waals surface area contributed by atoms with Crippen molar-refractivity contribution in [1.82, 2.24) is 14.9 Å². The third-order valence-corrected chi connectivity index (χ3v) is 4.61. The van der Waals surface area contributed by atoms with Gasteiger partial charge in [0.05, 0.1) is 24.3 Å². The highest BCUT2D eigenvalue weighted by molar-refractivity contribution is 7.09. The van der Waals surface area contributed by atoms with Crippen LogP contribution in [0.4, 0.5) is 0 Å². The van der Waals surface area contributed by atoms with E-state index in [9.17, 15) is 14.7 Å². The van der Waals surface area contributed by atoms with Crippen LogP contribution in [0.3, 0.4) is 0 Å². The van der Waals surface area contributed by atoms with Crippen molar-refractivity contribution in [3.05, 3.63) is 40.1 Å². The Kier molecular flexibility index (Phi) is 3.74. The smallest absolute Gasteiger partial charge is 0.326 e. The van der Waals surface area contributed by atoms with Gasteiger partial charge in [0.15, 0.2) is 0 Å². The van der Waals surface area contributed by atoms with Crippen LogP contribution in [0.15, 0.2) is 23.8 Å². The lowest BCUT2D eigenvalue weighted by Crippen LogP contribution is -2.48. The molecule has 0 aliphatic carbocycles. The minimum atomic E-state index is -0.979. The molecule has 0 unspecified atom stereocenters. The molecule has 0 bridgehead atoms. The average Bonchev–Trinajstić information content (AvgIpc) is 3.13. The van der Waals surface area contributed by atoms with Crippen molar-refractivity contribution in [2.24, 2.45) is 0 Å². The van der Waals surface area contributed by atoms with E-state index >= 15 is 0 Å². The second-order valence-electron chi connectivity index (χ2n) is 4.99. The Labute approximate surface area is 125 Å².